The summed E-state index contributed by atoms with van der Waals surface area (Å²) >= 11 is 0. The van der Waals surface area contributed by atoms with Crippen molar-refractivity contribution in [1.29, 1.82) is 0 Å². The minimum absolute atomic E-state index is 0.00527. The van der Waals surface area contributed by atoms with Crippen LogP contribution in [0.1, 0.15) is 122 Å². The maximum atomic E-state index is 11.1. The Balaban J connectivity index is 1.79. The summed E-state index contributed by atoms with van der Waals surface area (Å²) in [6.45, 7) is 24.7. The normalized spacial score (nSPS) is 28.0. The molecule has 3 fully saturated rings. The van der Waals surface area contributed by atoms with Crippen molar-refractivity contribution in [3.8, 4) is 6.01 Å². The molecule has 3 aliphatic rings. The molecule has 1 aromatic rings. The van der Waals surface area contributed by atoms with E-state index in [1.165, 1.54) is 15.2 Å². The molecule has 0 spiro atoms. The Labute approximate surface area is 258 Å². The van der Waals surface area contributed by atoms with Gasteiger partial charge < -0.3 is 30.6 Å². The molecule has 4 heterocycles. The van der Waals surface area contributed by atoms with Crippen LogP contribution in [0.4, 0.5) is 11.9 Å². The molecule has 0 atom stereocenters. The molecule has 12 heteroatoms. The van der Waals surface area contributed by atoms with Crippen molar-refractivity contribution in [1.82, 2.24) is 30.1 Å². The minimum atomic E-state index is -0.485. The molecule has 0 aliphatic carbocycles. The number of aromatic nitrogens is 3. The zero-order valence-electron chi connectivity index (χ0n) is 28.9. The monoisotopic (exact) mass is 606 g/mol. The molecule has 0 unspecified atom stereocenters. The van der Waals surface area contributed by atoms with Gasteiger partial charge in [0.05, 0.1) is 7.11 Å². The van der Waals surface area contributed by atoms with E-state index in [1.54, 1.807) is 7.11 Å². The van der Waals surface area contributed by atoms with Crippen molar-refractivity contribution in [3.63, 3.8) is 0 Å². The zero-order valence-corrected chi connectivity index (χ0v) is 28.9. The van der Waals surface area contributed by atoms with Gasteiger partial charge in [-0.25, -0.2) is 0 Å². The SMILES string of the molecule is COc1nc(NC2CC(C)(C)N(O)C(C)(C)C2)nc(N(C2CC(C)(C)N(O)C(C)(C)C2)C2CC(C)(C)N(O)C(C)(C)C2)n1. The van der Waals surface area contributed by atoms with E-state index in [4.69, 9.17) is 14.7 Å². The number of hydrogen-bond donors (Lipinski definition) is 4. The van der Waals surface area contributed by atoms with Crippen LogP contribution in [0.3, 0.4) is 0 Å². The van der Waals surface area contributed by atoms with E-state index in [1.807, 2.05) is 27.7 Å². The third-order valence-corrected chi connectivity index (χ3v) is 10.0. The van der Waals surface area contributed by atoms with Gasteiger partial charge in [-0.15, -0.1) is 0 Å². The maximum Gasteiger partial charge on any atom is 0.322 e. The van der Waals surface area contributed by atoms with Gasteiger partial charge in [0.25, 0.3) is 0 Å². The average molecular weight is 607 g/mol. The molecule has 4 N–H and O–H groups in total. The Hall–Kier alpha value is -1.83. The lowest BCUT2D eigenvalue weighted by atomic mass is 9.75. The number of rotatable bonds is 6. The van der Waals surface area contributed by atoms with Crippen LogP contribution in [0.15, 0.2) is 0 Å². The van der Waals surface area contributed by atoms with E-state index in [-0.39, 0.29) is 24.1 Å². The molecule has 0 saturated carbocycles. The largest absolute Gasteiger partial charge is 0.467 e. The average Bonchev–Trinajstić information content (AvgIpc) is 2.83. The Bertz CT molecular complexity index is 1070. The fraction of sp³-hybridized carbons (Fsp3) is 0.903. The van der Waals surface area contributed by atoms with Gasteiger partial charge in [0.15, 0.2) is 0 Å². The van der Waals surface area contributed by atoms with Gasteiger partial charge in [-0.05, 0) is 122 Å². The first kappa shape index (κ1) is 34.1. The summed E-state index contributed by atoms with van der Waals surface area (Å²) < 4.78 is 5.63. The Morgan fingerprint density at radius 3 is 1.30 bits per heavy atom. The van der Waals surface area contributed by atoms with Crippen molar-refractivity contribution in [2.45, 2.75) is 173 Å². The molecule has 43 heavy (non-hydrogen) atoms. The number of methoxy groups -OCH3 is 1. The van der Waals surface area contributed by atoms with Crippen LogP contribution in [0.5, 0.6) is 6.01 Å². The number of hydroxylamine groups is 6. The lowest BCUT2D eigenvalue weighted by Gasteiger charge is -2.58. The first-order valence-corrected chi connectivity index (χ1v) is 15.7. The van der Waals surface area contributed by atoms with Crippen molar-refractivity contribution >= 4 is 11.9 Å². The highest BCUT2D eigenvalue weighted by Crippen LogP contribution is 2.45. The van der Waals surface area contributed by atoms with E-state index >= 15 is 0 Å². The number of hydrogen-bond acceptors (Lipinski definition) is 12. The molecular formula is C31H58N8O4. The third-order valence-electron chi connectivity index (χ3n) is 10.0. The lowest BCUT2D eigenvalue weighted by Crippen LogP contribution is -2.67. The molecule has 0 bridgehead atoms. The quantitative estimate of drug-likeness (QED) is 0.333. The van der Waals surface area contributed by atoms with Crippen molar-refractivity contribution in [2.24, 2.45) is 0 Å². The van der Waals surface area contributed by atoms with E-state index in [0.29, 0.717) is 50.4 Å². The summed E-state index contributed by atoms with van der Waals surface area (Å²) in [4.78, 5) is 16.8. The molecule has 1 aromatic heterocycles. The van der Waals surface area contributed by atoms with Gasteiger partial charge in [-0.2, -0.15) is 30.1 Å². The lowest BCUT2D eigenvalue weighted by molar-refractivity contribution is -0.251. The van der Waals surface area contributed by atoms with Crippen molar-refractivity contribution in [2.75, 3.05) is 17.3 Å². The molecule has 0 aromatic carbocycles. The van der Waals surface area contributed by atoms with Crippen LogP contribution in [0.2, 0.25) is 0 Å². The van der Waals surface area contributed by atoms with Gasteiger partial charge in [0.1, 0.15) is 0 Å². The first-order valence-electron chi connectivity index (χ1n) is 15.7. The molecule has 3 saturated heterocycles. The van der Waals surface area contributed by atoms with Gasteiger partial charge in [-0.3, -0.25) is 0 Å². The van der Waals surface area contributed by atoms with Crippen LogP contribution in [0, 0.1) is 0 Å². The second-order valence-corrected chi connectivity index (χ2v) is 17.0. The van der Waals surface area contributed by atoms with Crippen LogP contribution in [0.25, 0.3) is 0 Å². The zero-order chi connectivity index (χ0) is 32.6. The molecule has 0 amide bonds. The molecule has 4 rings (SSSR count). The van der Waals surface area contributed by atoms with E-state index in [2.05, 4.69) is 70.6 Å². The Morgan fingerprint density at radius 1 is 0.605 bits per heavy atom. The number of nitrogens with zero attached hydrogens (tertiary/aromatic N) is 7. The second-order valence-electron chi connectivity index (χ2n) is 17.0. The summed E-state index contributed by atoms with van der Waals surface area (Å²) in [5.74, 6) is 0.963. The van der Waals surface area contributed by atoms with Crippen LogP contribution < -0.4 is 15.0 Å². The van der Waals surface area contributed by atoms with Crippen molar-refractivity contribution < 1.29 is 20.4 Å². The highest BCUT2D eigenvalue weighted by Gasteiger charge is 2.52. The molecular weight excluding hydrogens is 548 g/mol. The van der Waals surface area contributed by atoms with Gasteiger partial charge >= 0.3 is 6.01 Å². The highest BCUT2D eigenvalue weighted by molar-refractivity contribution is 5.43. The minimum Gasteiger partial charge on any atom is -0.467 e. The second kappa shape index (κ2) is 10.9. The van der Waals surface area contributed by atoms with E-state index < -0.39 is 33.2 Å². The van der Waals surface area contributed by atoms with Crippen molar-refractivity contribution in [3.05, 3.63) is 0 Å². The summed E-state index contributed by atoms with van der Waals surface area (Å²) in [5.41, 5.74) is -2.81. The predicted molar refractivity (Wildman–Crippen MR) is 167 cm³/mol. The highest BCUT2D eigenvalue weighted by atomic mass is 16.5. The molecule has 246 valence electrons. The first-order chi connectivity index (χ1) is 19.4. The summed E-state index contributed by atoms with van der Waals surface area (Å²) in [6, 6.07) is 0.260. The van der Waals surface area contributed by atoms with E-state index in [9.17, 15) is 15.6 Å². The summed E-state index contributed by atoms with van der Waals surface area (Å²) in [5, 5.41) is 41.1. The number of anilines is 2. The topological polar surface area (TPSA) is 134 Å². The van der Waals surface area contributed by atoms with Crippen LogP contribution in [-0.4, -0.2) is 104 Å². The molecule has 12 nitrogen and oxygen atoms in total. The van der Waals surface area contributed by atoms with E-state index in [0.717, 1.165) is 0 Å². The smallest absolute Gasteiger partial charge is 0.322 e. The van der Waals surface area contributed by atoms with Crippen LogP contribution in [-0.2, 0) is 0 Å². The third kappa shape index (κ3) is 6.60. The number of nitrogens with one attached hydrogen (secondary N) is 1. The fourth-order valence-corrected chi connectivity index (χ4v) is 8.63. The van der Waals surface area contributed by atoms with Gasteiger partial charge in [-0.1, -0.05) is 0 Å². The predicted octanol–water partition coefficient (Wildman–Crippen LogP) is 5.33. The summed E-state index contributed by atoms with van der Waals surface area (Å²) in [6.07, 6.45) is 4.19. The number of ether oxygens (including phenoxy) is 1. The number of piperidine rings is 3. The van der Waals surface area contributed by atoms with Gasteiger partial charge in [0, 0.05) is 51.4 Å². The maximum absolute atomic E-state index is 11.1. The standard InChI is InChI=1S/C31H58N8O4/c1-26(2)14-20(15-27(3,4)37(26)40)32-23-33-24(35-25(34-23)43-13)36(21-16-28(5,6)38(41)29(7,8)17-21)22-18-30(9,10)39(42)31(11,12)19-22/h20-22,40-42H,14-19H2,1-13H3,(H,32,33,34,35). The Morgan fingerprint density at radius 2 is 0.953 bits per heavy atom. The van der Waals surface area contributed by atoms with Crippen LogP contribution >= 0.6 is 0 Å². The summed E-state index contributed by atoms with van der Waals surface area (Å²) in [7, 11) is 1.57. The Kier molecular flexibility index (Phi) is 8.64. The fourth-order valence-electron chi connectivity index (χ4n) is 8.63. The molecule has 3 aliphatic heterocycles. The molecule has 0 radical (unpaired) electrons. The van der Waals surface area contributed by atoms with Gasteiger partial charge in [0.2, 0.25) is 11.9 Å².